The number of rotatable bonds is 6. The molecule has 1 atom stereocenters. The van der Waals surface area contributed by atoms with E-state index < -0.39 is 0 Å². The van der Waals surface area contributed by atoms with Crippen molar-refractivity contribution in [1.29, 1.82) is 0 Å². The molecule has 0 aromatic heterocycles. The minimum Gasteiger partial charge on any atom is -0.355 e. The van der Waals surface area contributed by atoms with E-state index in [2.05, 4.69) is 41.3 Å². The first-order valence-electron chi connectivity index (χ1n) is 7.96. The van der Waals surface area contributed by atoms with Crippen LogP contribution in [0.5, 0.6) is 0 Å². The van der Waals surface area contributed by atoms with Gasteiger partial charge >= 0.3 is 0 Å². The molecule has 2 fully saturated rings. The molecule has 2 heterocycles. The monoisotopic (exact) mass is 282 g/mol. The van der Waals surface area contributed by atoms with E-state index in [1.807, 2.05) is 0 Å². The fourth-order valence-corrected chi connectivity index (χ4v) is 2.99. The van der Waals surface area contributed by atoms with Crippen molar-refractivity contribution in [2.24, 2.45) is 11.8 Å². The van der Waals surface area contributed by atoms with E-state index in [0.717, 1.165) is 45.8 Å². The second-order valence-corrected chi connectivity index (χ2v) is 6.68. The largest absolute Gasteiger partial charge is 0.355 e. The highest BCUT2D eigenvalue weighted by atomic mass is 16.1. The van der Waals surface area contributed by atoms with Crippen LogP contribution in [0, 0.1) is 11.8 Å². The fraction of sp³-hybridized carbons (Fsp3) is 0.933. The highest BCUT2D eigenvalue weighted by Gasteiger charge is 2.26. The SMILES string of the molecule is CC(C)C(CNC(=O)CC1CNC1)N1CCN(C)CC1. The first-order valence-corrected chi connectivity index (χ1v) is 7.96. The average Bonchev–Trinajstić information content (AvgIpc) is 2.36. The van der Waals surface area contributed by atoms with E-state index in [1.165, 1.54) is 0 Å². The first kappa shape index (κ1) is 15.7. The number of carbonyl (C=O) groups excluding carboxylic acids is 1. The van der Waals surface area contributed by atoms with Gasteiger partial charge in [0.2, 0.25) is 5.91 Å². The quantitative estimate of drug-likeness (QED) is 0.719. The third-order valence-electron chi connectivity index (χ3n) is 4.62. The Morgan fingerprint density at radius 3 is 2.40 bits per heavy atom. The molecule has 0 bridgehead atoms. The number of likely N-dealkylation sites (N-methyl/N-ethyl adjacent to an activating group) is 1. The minimum absolute atomic E-state index is 0.219. The van der Waals surface area contributed by atoms with Crippen LogP contribution in [0.15, 0.2) is 0 Å². The molecule has 0 aliphatic carbocycles. The molecule has 5 nitrogen and oxygen atoms in total. The maximum Gasteiger partial charge on any atom is 0.220 e. The summed E-state index contributed by atoms with van der Waals surface area (Å²) in [4.78, 5) is 16.9. The molecule has 0 aromatic rings. The van der Waals surface area contributed by atoms with Crippen molar-refractivity contribution in [2.75, 3.05) is 52.9 Å². The Balaban J connectivity index is 1.75. The molecule has 0 aromatic carbocycles. The van der Waals surface area contributed by atoms with Gasteiger partial charge in [-0.1, -0.05) is 13.8 Å². The fourth-order valence-electron chi connectivity index (χ4n) is 2.99. The Labute approximate surface area is 123 Å². The molecule has 2 aliphatic heterocycles. The van der Waals surface area contributed by atoms with Crippen LogP contribution in [0.2, 0.25) is 0 Å². The Morgan fingerprint density at radius 1 is 1.25 bits per heavy atom. The Kier molecular flexibility index (Phi) is 5.81. The highest BCUT2D eigenvalue weighted by molar-refractivity contribution is 5.76. The maximum absolute atomic E-state index is 11.9. The number of hydrogen-bond donors (Lipinski definition) is 2. The normalized spacial score (nSPS) is 23.6. The predicted molar refractivity (Wildman–Crippen MR) is 81.7 cm³/mol. The lowest BCUT2D eigenvalue weighted by atomic mass is 9.98. The third kappa shape index (κ3) is 4.43. The molecule has 2 N–H and O–H groups in total. The van der Waals surface area contributed by atoms with Gasteiger partial charge in [-0.05, 0) is 32.0 Å². The van der Waals surface area contributed by atoms with Crippen LogP contribution in [0.3, 0.4) is 0 Å². The summed E-state index contributed by atoms with van der Waals surface area (Å²) in [5, 5.41) is 6.36. The molecule has 0 radical (unpaired) electrons. The summed E-state index contributed by atoms with van der Waals surface area (Å²) in [5.74, 6) is 1.34. The van der Waals surface area contributed by atoms with E-state index in [4.69, 9.17) is 0 Å². The van der Waals surface area contributed by atoms with E-state index in [0.29, 0.717) is 24.3 Å². The topological polar surface area (TPSA) is 47.6 Å². The number of hydrogen-bond acceptors (Lipinski definition) is 4. The third-order valence-corrected chi connectivity index (χ3v) is 4.62. The second kappa shape index (κ2) is 7.38. The zero-order valence-corrected chi connectivity index (χ0v) is 13.2. The van der Waals surface area contributed by atoms with E-state index in [-0.39, 0.29) is 5.91 Å². The van der Waals surface area contributed by atoms with Crippen molar-refractivity contribution in [3.63, 3.8) is 0 Å². The summed E-state index contributed by atoms with van der Waals surface area (Å²) in [6.07, 6.45) is 0.681. The number of carbonyl (C=O) groups is 1. The van der Waals surface area contributed by atoms with Crippen molar-refractivity contribution in [3.8, 4) is 0 Å². The Bertz CT molecular complexity index is 309. The molecule has 2 aliphatic rings. The highest BCUT2D eigenvalue weighted by Crippen LogP contribution is 2.13. The number of nitrogens with one attached hydrogen (secondary N) is 2. The molecular formula is C15H30N4O. The standard InChI is InChI=1S/C15H30N4O/c1-12(2)14(19-6-4-18(3)5-7-19)11-17-15(20)8-13-9-16-10-13/h12-14,16H,4-11H2,1-3H3,(H,17,20). The molecule has 0 saturated carbocycles. The van der Waals surface area contributed by atoms with Gasteiger partial charge in [-0.2, -0.15) is 0 Å². The summed E-state index contributed by atoms with van der Waals surface area (Å²) in [6.45, 7) is 11.8. The van der Waals surface area contributed by atoms with Crippen molar-refractivity contribution in [1.82, 2.24) is 20.4 Å². The van der Waals surface area contributed by atoms with Gasteiger partial charge < -0.3 is 15.5 Å². The Hall–Kier alpha value is -0.650. The van der Waals surface area contributed by atoms with Gasteiger partial charge in [0.1, 0.15) is 0 Å². The number of amides is 1. The molecule has 1 amide bonds. The van der Waals surface area contributed by atoms with Gasteiger partial charge in [-0.15, -0.1) is 0 Å². The lowest BCUT2D eigenvalue weighted by Crippen LogP contribution is -2.54. The van der Waals surface area contributed by atoms with Crippen molar-refractivity contribution in [2.45, 2.75) is 26.3 Å². The van der Waals surface area contributed by atoms with Crippen molar-refractivity contribution >= 4 is 5.91 Å². The first-order chi connectivity index (χ1) is 9.56. The molecule has 5 heteroatoms. The van der Waals surface area contributed by atoms with Crippen LogP contribution in [-0.4, -0.2) is 74.6 Å². The van der Waals surface area contributed by atoms with Crippen LogP contribution in [-0.2, 0) is 4.79 Å². The summed E-state index contributed by atoms with van der Waals surface area (Å²) in [6, 6.07) is 0.465. The second-order valence-electron chi connectivity index (χ2n) is 6.68. The van der Waals surface area contributed by atoms with E-state index in [1.54, 1.807) is 0 Å². The van der Waals surface area contributed by atoms with Crippen LogP contribution >= 0.6 is 0 Å². The van der Waals surface area contributed by atoms with Crippen molar-refractivity contribution < 1.29 is 4.79 Å². The van der Waals surface area contributed by atoms with Crippen LogP contribution < -0.4 is 10.6 Å². The van der Waals surface area contributed by atoms with Gasteiger partial charge in [-0.25, -0.2) is 0 Å². The number of piperazine rings is 1. The zero-order chi connectivity index (χ0) is 14.5. The molecule has 116 valence electrons. The van der Waals surface area contributed by atoms with Gasteiger partial charge in [-0.3, -0.25) is 9.69 Å². The van der Waals surface area contributed by atoms with Gasteiger partial charge in [0, 0.05) is 45.2 Å². The summed E-state index contributed by atoms with van der Waals surface area (Å²) >= 11 is 0. The molecule has 1 unspecified atom stereocenters. The van der Waals surface area contributed by atoms with Crippen molar-refractivity contribution in [3.05, 3.63) is 0 Å². The minimum atomic E-state index is 0.219. The molecule has 20 heavy (non-hydrogen) atoms. The smallest absolute Gasteiger partial charge is 0.220 e. The van der Waals surface area contributed by atoms with Gasteiger partial charge in [0.25, 0.3) is 0 Å². The summed E-state index contributed by atoms with van der Waals surface area (Å²) in [5.41, 5.74) is 0. The Morgan fingerprint density at radius 2 is 1.90 bits per heavy atom. The molecule has 0 spiro atoms. The van der Waals surface area contributed by atoms with Crippen LogP contribution in [0.25, 0.3) is 0 Å². The van der Waals surface area contributed by atoms with E-state index >= 15 is 0 Å². The average molecular weight is 282 g/mol. The zero-order valence-electron chi connectivity index (χ0n) is 13.2. The molecular weight excluding hydrogens is 252 g/mol. The van der Waals surface area contributed by atoms with E-state index in [9.17, 15) is 4.79 Å². The lowest BCUT2D eigenvalue weighted by Gasteiger charge is -2.40. The molecule has 2 rings (SSSR count). The maximum atomic E-state index is 11.9. The summed E-state index contributed by atoms with van der Waals surface area (Å²) in [7, 11) is 2.18. The van der Waals surface area contributed by atoms with Crippen LogP contribution in [0.4, 0.5) is 0 Å². The lowest BCUT2D eigenvalue weighted by molar-refractivity contribution is -0.122. The van der Waals surface area contributed by atoms with Crippen LogP contribution in [0.1, 0.15) is 20.3 Å². The summed E-state index contributed by atoms with van der Waals surface area (Å²) < 4.78 is 0. The molecule has 2 saturated heterocycles. The predicted octanol–water partition coefficient (Wildman–Crippen LogP) is -0.0159. The van der Waals surface area contributed by atoms with Gasteiger partial charge in [0.15, 0.2) is 0 Å². The van der Waals surface area contributed by atoms with Gasteiger partial charge in [0.05, 0.1) is 0 Å². The number of nitrogens with zero attached hydrogens (tertiary/aromatic N) is 2.